The minimum atomic E-state index is -0.441. The van der Waals surface area contributed by atoms with E-state index in [1.54, 1.807) is 24.4 Å². The zero-order valence-corrected chi connectivity index (χ0v) is 9.61. The number of carbonyl (C=O) groups excluding carboxylic acids is 1. The van der Waals surface area contributed by atoms with Crippen LogP contribution in [-0.4, -0.2) is 15.9 Å². The highest BCUT2D eigenvalue weighted by Crippen LogP contribution is 2.21. The van der Waals surface area contributed by atoms with Gasteiger partial charge in [-0.25, -0.2) is 15.8 Å². The quantitative estimate of drug-likeness (QED) is 0.276. The maximum atomic E-state index is 11.1. The minimum absolute atomic E-state index is 0.200. The molecule has 7 heteroatoms. The zero-order chi connectivity index (χ0) is 12.1. The Hall–Kier alpha value is -1.86. The summed E-state index contributed by atoms with van der Waals surface area (Å²) in [6.07, 6.45) is 3.16. The van der Waals surface area contributed by atoms with Crippen LogP contribution in [0.15, 0.2) is 40.2 Å². The number of furan rings is 1. The third-order valence-corrected chi connectivity index (χ3v) is 2.90. The molecule has 0 atom stereocenters. The first kappa shape index (κ1) is 11.6. The predicted octanol–water partition coefficient (Wildman–Crippen LogP) is 0.965. The van der Waals surface area contributed by atoms with Crippen molar-refractivity contribution in [1.29, 1.82) is 0 Å². The van der Waals surface area contributed by atoms with E-state index in [-0.39, 0.29) is 5.76 Å². The number of nitrogens with zero attached hydrogens (tertiary/aromatic N) is 2. The van der Waals surface area contributed by atoms with Gasteiger partial charge in [-0.15, -0.1) is 0 Å². The highest BCUT2D eigenvalue weighted by molar-refractivity contribution is 7.98. The number of hydrogen-bond acceptors (Lipinski definition) is 6. The van der Waals surface area contributed by atoms with Crippen LogP contribution < -0.4 is 11.3 Å². The molecule has 0 saturated carbocycles. The number of nitrogen functional groups attached to an aromatic ring is 1. The Morgan fingerprint density at radius 3 is 3.06 bits per heavy atom. The van der Waals surface area contributed by atoms with Crippen molar-refractivity contribution >= 4 is 17.7 Å². The molecular weight excluding hydrogens is 240 g/mol. The number of hydrogen-bond donors (Lipinski definition) is 2. The molecule has 0 fully saturated rings. The third-order valence-electron chi connectivity index (χ3n) is 1.93. The molecule has 6 nitrogen and oxygen atoms in total. The van der Waals surface area contributed by atoms with Crippen LogP contribution in [0.25, 0.3) is 0 Å². The summed E-state index contributed by atoms with van der Waals surface area (Å²) >= 11 is 1.50. The van der Waals surface area contributed by atoms with Crippen molar-refractivity contribution in [3.63, 3.8) is 0 Å². The highest BCUT2D eigenvalue weighted by Gasteiger charge is 2.09. The molecule has 0 bridgehead atoms. The first-order valence-electron chi connectivity index (χ1n) is 4.78. The van der Waals surface area contributed by atoms with Gasteiger partial charge in [0.25, 0.3) is 0 Å². The topological polar surface area (TPSA) is 94.0 Å². The maximum absolute atomic E-state index is 11.1. The van der Waals surface area contributed by atoms with Gasteiger partial charge >= 0.3 is 5.91 Å². The third kappa shape index (κ3) is 3.05. The molecule has 3 N–H and O–H groups in total. The number of nitrogens with one attached hydrogen (secondary N) is 1. The molecule has 0 aliphatic rings. The summed E-state index contributed by atoms with van der Waals surface area (Å²) in [5.41, 5.74) is 2.01. The summed E-state index contributed by atoms with van der Waals surface area (Å²) in [7, 11) is 0. The lowest BCUT2D eigenvalue weighted by atomic mass is 10.4. The number of thioether (sulfide) groups is 1. The Bertz CT molecular complexity index is 500. The van der Waals surface area contributed by atoms with Crippen molar-refractivity contribution in [2.24, 2.45) is 5.84 Å². The summed E-state index contributed by atoms with van der Waals surface area (Å²) in [4.78, 5) is 19.0. The lowest BCUT2D eigenvalue weighted by Crippen LogP contribution is -2.29. The SMILES string of the molecule is NNC(=O)c1ccc(CSc2ccncn2)o1. The second-order valence-corrected chi connectivity index (χ2v) is 4.07. The molecule has 0 spiro atoms. The average molecular weight is 250 g/mol. The van der Waals surface area contributed by atoms with Gasteiger partial charge in [0.2, 0.25) is 0 Å². The van der Waals surface area contributed by atoms with Crippen LogP contribution >= 0.6 is 11.8 Å². The van der Waals surface area contributed by atoms with Crippen molar-refractivity contribution in [3.8, 4) is 0 Å². The van der Waals surface area contributed by atoms with Gasteiger partial charge in [-0.1, -0.05) is 11.8 Å². The largest absolute Gasteiger partial charge is 0.455 e. The van der Waals surface area contributed by atoms with Crippen molar-refractivity contribution in [2.75, 3.05) is 0 Å². The molecule has 17 heavy (non-hydrogen) atoms. The Labute approximate surface area is 102 Å². The fourth-order valence-corrected chi connectivity index (χ4v) is 1.88. The van der Waals surface area contributed by atoms with E-state index in [4.69, 9.17) is 10.3 Å². The molecule has 1 amide bonds. The molecule has 2 rings (SSSR count). The van der Waals surface area contributed by atoms with E-state index >= 15 is 0 Å². The molecule has 0 aliphatic heterocycles. The van der Waals surface area contributed by atoms with Gasteiger partial charge in [-0.3, -0.25) is 10.2 Å². The van der Waals surface area contributed by atoms with Crippen molar-refractivity contribution in [3.05, 3.63) is 42.2 Å². The van der Waals surface area contributed by atoms with E-state index in [2.05, 4.69) is 9.97 Å². The molecule has 0 aliphatic carbocycles. The van der Waals surface area contributed by atoms with Crippen LogP contribution in [0.5, 0.6) is 0 Å². The number of amides is 1. The van der Waals surface area contributed by atoms with E-state index in [1.807, 2.05) is 5.43 Å². The summed E-state index contributed by atoms with van der Waals surface area (Å²) in [5, 5.41) is 0.848. The second kappa shape index (κ2) is 5.46. The average Bonchev–Trinajstić information content (AvgIpc) is 2.85. The number of nitrogens with two attached hydrogens (primary N) is 1. The Morgan fingerprint density at radius 1 is 1.47 bits per heavy atom. The van der Waals surface area contributed by atoms with E-state index in [1.165, 1.54) is 18.1 Å². The van der Waals surface area contributed by atoms with Gasteiger partial charge in [0.15, 0.2) is 5.76 Å². The number of hydrazine groups is 1. The molecule has 2 heterocycles. The van der Waals surface area contributed by atoms with Crippen LogP contribution in [0.2, 0.25) is 0 Å². The second-order valence-electron chi connectivity index (χ2n) is 3.08. The van der Waals surface area contributed by atoms with E-state index in [0.29, 0.717) is 11.5 Å². The van der Waals surface area contributed by atoms with Crippen molar-refractivity contribution in [1.82, 2.24) is 15.4 Å². The number of carbonyl (C=O) groups is 1. The number of rotatable bonds is 4. The molecule has 0 saturated heterocycles. The zero-order valence-electron chi connectivity index (χ0n) is 8.79. The van der Waals surface area contributed by atoms with Gasteiger partial charge in [0, 0.05) is 6.20 Å². The van der Waals surface area contributed by atoms with E-state index in [9.17, 15) is 4.79 Å². The van der Waals surface area contributed by atoms with Gasteiger partial charge in [-0.2, -0.15) is 0 Å². The van der Waals surface area contributed by atoms with E-state index in [0.717, 1.165) is 5.03 Å². The molecular formula is C10H10N4O2S. The number of aromatic nitrogens is 2. The van der Waals surface area contributed by atoms with Crippen LogP contribution in [0.3, 0.4) is 0 Å². The Balaban J connectivity index is 1.96. The van der Waals surface area contributed by atoms with Gasteiger partial charge < -0.3 is 4.42 Å². The van der Waals surface area contributed by atoms with Crippen LogP contribution in [-0.2, 0) is 5.75 Å². The van der Waals surface area contributed by atoms with Gasteiger partial charge in [-0.05, 0) is 18.2 Å². The lowest BCUT2D eigenvalue weighted by Gasteiger charge is -1.97. The monoisotopic (exact) mass is 250 g/mol. The first-order chi connectivity index (χ1) is 8.29. The van der Waals surface area contributed by atoms with Gasteiger partial charge in [0.05, 0.1) is 10.8 Å². The Kier molecular flexibility index (Phi) is 3.73. The molecule has 88 valence electrons. The molecule has 0 unspecified atom stereocenters. The lowest BCUT2D eigenvalue weighted by molar-refractivity contribution is 0.0924. The summed E-state index contributed by atoms with van der Waals surface area (Å²) < 4.78 is 5.30. The van der Waals surface area contributed by atoms with E-state index < -0.39 is 5.91 Å². The highest BCUT2D eigenvalue weighted by atomic mass is 32.2. The fraction of sp³-hybridized carbons (Fsp3) is 0.100. The van der Waals surface area contributed by atoms with Crippen LogP contribution in [0, 0.1) is 0 Å². The Morgan fingerprint density at radius 2 is 2.35 bits per heavy atom. The van der Waals surface area contributed by atoms with Crippen LogP contribution in [0.1, 0.15) is 16.3 Å². The summed E-state index contributed by atoms with van der Waals surface area (Å²) in [6, 6.07) is 5.12. The van der Waals surface area contributed by atoms with Gasteiger partial charge in [0.1, 0.15) is 12.1 Å². The normalized spacial score (nSPS) is 10.2. The standard InChI is InChI=1S/C10H10N4O2S/c11-14-10(15)8-2-1-7(16-8)5-17-9-3-4-12-6-13-9/h1-4,6H,5,11H2,(H,14,15). The van der Waals surface area contributed by atoms with Crippen molar-refractivity contribution < 1.29 is 9.21 Å². The minimum Gasteiger partial charge on any atom is -0.455 e. The maximum Gasteiger partial charge on any atom is 0.300 e. The predicted molar refractivity (Wildman–Crippen MR) is 62.0 cm³/mol. The smallest absolute Gasteiger partial charge is 0.300 e. The van der Waals surface area contributed by atoms with Crippen LogP contribution in [0.4, 0.5) is 0 Å². The van der Waals surface area contributed by atoms with Crippen molar-refractivity contribution in [2.45, 2.75) is 10.8 Å². The summed E-state index contributed by atoms with van der Waals surface area (Å²) in [6.45, 7) is 0. The molecule has 0 radical (unpaired) electrons. The first-order valence-corrected chi connectivity index (χ1v) is 5.76. The summed E-state index contributed by atoms with van der Waals surface area (Å²) in [5.74, 6) is 6.03. The molecule has 2 aromatic heterocycles. The molecule has 2 aromatic rings. The fourth-order valence-electron chi connectivity index (χ4n) is 1.16. The molecule has 0 aromatic carbocycles.